The quantitative estimate of drug-likeness (QED) is 0.582. The standard InChI is InChI=1S/C17H21N3O2.2C2HF3O2/c1-13-10-16(14(2)22-13)17(21)20-8-6-19(7-9-20)12-15-4-3-5-18-11-15;2*3-2(4,5)1(6)7/h3-5,10-11H,6-9,12H2,1-2H3;2*(H,6,7). The molecule has 2 aromatic rings. The molecule has 1 saturated heterocycles. The number of carbonyl (C=O) groups excluding carboxylic acids is 1. The van der Waals surface area contributed by atoms with Crippen molar-refractivity contribution in [2.45, 2.75) is 32.7 Å². The molecule has 0 aromatic carbocycles. The number of carboxylic acid groups (broad SMARTS) is 2. The number of alkyl halides is 6. The van der Waals surface area contributed by atoms with Crippen molar-refractivity contribution in [3.8, 4) is 0 Å². The smallest absolute Gasteiger partial charge is 0.475 e. The number of amides is 1. The summed E-state index contributed by atoms with van der Waals surface area (Å²) in [5.41, 5.74) is 1.90. The first kappa shape index (κ1) is 30.4. The molecule has 9 nitrogen and oxygen atoms in total. The summed E-state index contributed by atoms with van der Waals surface area (Å²) in [7, 11) is 0. The molecule has 1 aliphatic heterocycles. The molecule has 0 radical (unpaired) electrons. The number of aromatic nitrogens is 1. The van der Waals surface area contributed by atoms with Crippen molar-refractivity contribution < 1.29 is 55.4 Å². The Labute approximate surface area is 200 Å². The molecular formula is C21H23F6N3O6. The van der Waals surface area contributed by atoms with E-state index in [4.69, 9.17) is 24.2 Å². The zero-order chi connectivity index (χ0) is 27.7. The van der Waals surface area contributed by atoms with Gasteiger partial charge < -0.3 is 19.5 Å². The zero-order valence-corrected chi connectivity index (χ0v) is 19.1. The average molecular weight is 527 g/mol. The number of hydrogen-bond acceptors (Lipinski definition) is 6. The molecular weight excluding hydrogens is 504 g/mol. The van der Waals surface area contributed by atoms with Gasteiger partial charge >= 0.3 is 24.3 Å². The topological polar surface area (TPSA) is 124 Å². The highest BCUT2D eigenvalue weighted by Gasteiger charge is 2.38. The highest BCUT2D eigenvalue weighted by Crippen LogP contribution is 2.18. The van der Waals surface area contributed by atoms with E-state index in [-0.39, 0.29) is 5.91 Å². The summed E-state index contributed by atoms with van der Waals surface area (Å²) in [5, 5.41) is 14.2. The first-order valence-electron chi connectivity index (χ1n) is 10.1. The van der Waals surface area contributed by atoms with Crippen LogP contribution in [0.25, 0.3) is 0 Å². The van der Waals surface area contributed by atoms with Crippen LogP contribution in [0, 0.1) is 13.8 Å². The van der Waals surface area contributed by atoms with E-state index >= 15 is 0 Å². The monoisotopic (exact) mass is 527 g/mol. The van der Waals surface area contributed by atoms with Crippen LogP contribution in [0.3, 0.4) is 0 Å². The maximum Gasteiger partial charge on any atom is 0.490 e. The molecule has 0 bridgehead atoms. The van der Waals surface area contributed by atoms with Gasteiger partial charge in [0.15, 0.2) is 0 Å². The van der Waals surface area contributed by atoms with E-state index in [0.29, 0.717) is 11.3 Å². The minimum absolute atomic E-state index is 0.0791. The fraction of sp³-hybridized carbons (Fsp3) is 0.429. The summed E-state index contributed by atoms with van der Waals surface area (Å²) in [6, 6.07) is 5.88. The van der Waals surface area contributed by atoms with Crippen molar-refractivity contribution in [2.24, 2.45) is 0 Å². The highest BCUT2D eigenvalue weighted by molar-refractivity contribution is 5.95. The second kappa shape index (κ2) is 12.9. The van der Waals surface area contributed by atoms with Gasteiger partial charge in [-0.2, -0.15) is 26.3 Å². The number of aliphatic carboxylic acids is 2. The molecule has 0 spiro atoms. The minimum atomic E-state index is -5.08. The third kappa shape index (κ3) is 10.3. The lowest BCUT2D eigenvalue weighted by Crippen LogP contribution is -2.48. The first-order chi connectivity index (χ1) is 16.5. The number of aryl methyl sites for hydroxylation is 2. The number of rotatable bonds is 3. The second-order valence-electron chi connectivity index (χ2n) is 7.36. The fourth-order valence-corrected chi connectivity index (χ4v) is 2.87. The summed E-state index contributed by atoms with van der Waals surface area (Å²) in [6.07, 6.45) is -6.48. The van der Waals surface area contributed by atoms with E-state index in [2.05, 4.69) is 16.0 Å². The Balaban J connectivity index is 0.000000383. The van der Waals surface area contributed by atoms with Gasteiger partial charge in [-0.1, -0.05) is 6.07 Å². The number of hydrogen-bond donors (Lipinski definition) is 2. The van der Waals surface area contributed by atoms with Crippen molar-refractivity contribution in [1.82, 2.24) is 14.8 Å². The van der Waals surface area contributed by atoms with Gasteiger partial charge in [-0.15, -0.1) is 0 Å². The molecule has 3 heterocycles. The van der Waals surface area contributed by atoms with Crippen molar-refractivity contribution in [3.63, 3.8) is 0 Å². The van der Waals surface area contributed by atoms with Gasteiger partial charge in [0.25, 0.3) is 5.91 Å². The summed E-state index contributed by atoms with van der Waals surface area (Å²) >= 11 is 0. The molecule has 0 unspecified atom stereocenters. The molecule has 2 aromatic heterocycles. The first-order valence-corrected chi connectivity index (χ1v) is 10.1. The van der Waals surface area contributed by atoms with Gasteiger partial charge in [0, 0.05) is 45.1 Å². The summed E-state index contributed by atoms with van der Waals surface area (Å²) in [4.78, 5) is 38.7. The van der Waals surface area contributed by atoms with Crippen molar-refractivity contribution >= 4 is 17.8 Å². The number of carboxylic acids is 2. The molecule has 15 heteroatoms. The average Bonchev–Trinajstić information content (AvgIpc) is 3.12. The van der Waals surface area contributed by atoms with Crippen LogP contribution >= 0.6 is 0 Å². The van der Waals surface area contributed by atoms with Crippen LogP contribution in [0.2, 0.25) is 0 Å². The Bertz CT molecular complexity index is 991. The van der Waals surface area contributed by atoms with Crippen LogP contribution < -0.4 is 0 Å². The molecule has 200 valence electrons. The van der Waals surface area contributed by atoms with Gasteiger partial charge in [0.1, 0.15) is 11.5 Å². The molecule has 0 saturated carbocycles. The number of furan rings is 1. The largest absolute Gasteiger partial charge is 0.490 e. The summed E-state index contributed by atoms with van der Waals surface area (Å²) in [6.45, 7) is 7.88. The van der Waals surface area contributed by atoms with E-state index < -0.39 is 24.3 Å². The Morgan fingerprint density at radius 1 is 0.972 bits per heavy atom. The van der Waals surface area contributed by atoms with E-state index in [9.17, 15) is 31.1 Å². The number of carbonyl (C=O) groups is 3. The minimum Gasteiger partial charge on any atom is -0.475 e. The van der Waals surface area contributed by atoms with Gasteiger partial charge in [-0.3, -0.25) is 14.7 Å². The van der Waals surface area contributed by atoms with Gasteiger partial charge in [-0.05, 0) is 31.5 Å². The van der Waals surface area contributed by atoms with Crippen LogP contribution in [-0.2, 0) is 16.1 Å². The predicted molar refractivity (Wildman–Crippen MR) is 111 cm³/mol. The molecule has 36 heavy (non-hydrogen) atoms. The van der Waals surface area contributed by atoms with Crippen LogP contribution in [0.15, 0.2) is 35.0 Å². The maximum atomic E-state index is 12.5. The lowest BCUT2D eigenvalue weighted by atomic mass is 10.2. The Morgan fingerprint density at radius 2 is 1.47 bits per heavy atom. The number of halogens is 6. The molecule has 1 aliphatic rings. The molecule has 2 N–H and O–H groups in total. The van der Waals surface area contributed by atoms with Crippen LogP contribution in [0.5, 0.6) is 0 Å². The molecule has 0 atom stereocenters. The van der Waals surface area contributed by atoms with Crippen molar-refractivity contribution in [3.05, 3.63) is 53.2 Å². The van der Waals surface area contributed by atoms with E-state index in [1.54, 1.807) is 6.20 Å². The third-order valence-electron chi connectivity index (χ3n) is 4.54. The Kier molecular flexibility index (Phi) is 10.9. The maximum absolute atomic E-state index is 12.5. The van der Waals surface area contributed by atoms with Gasteiger partial charge in [0.05, 0.1) is 5.56 Å². The third-order valence-corrected chi connectivity index (χ3v) is 4.54. The van der Waals surface area contributed by atoms with Crippen LogP contribution in [0.1, 0.15) is 27.4 Å². The van der Waals surface area contributed by atoms with Crippen LogP contribution in [0.4, 0.5) is 26.3 Å². The van der Waals surface area contributed by atoms with E-state index in [1.165, 1.54) is 5.56 Å². The predicted octanol–water partition coefficient (Wildman–Crippen LogP) is 3.52. The lowest BCUT2D eigenvalue weighted by Gasteiger charge is -2.34. The highest BCUT2D eigenvalue weighted by atomic mass is 19.4. The molecule has 0 aliphatic carbocycles. The normalized spacial score (nSPS) is 14.2. The van der Waals surface area contributed by atoms with E-state index in [0.717, 1.165) is 38.5 Å². The summed E-state index contributed by atoms with van der Waals surface area (Å²) < 4.78 is 68.9. The SMILES string of the molecule is Cc1cc(C(=O)N2CCN(Cc3cccnc3)CC2)c(C)o1.O=C(O)C(F)(F)F.O=C(O)C(F)(F)F. The molecule has 1 fully saturated rings. The molecule has 1 amide bonds. The number of piperazine rings is 1. The molecule has 3 rings (SSSR count). The van der Waals surface area contributed by atoms with E-state index in [1.807, 2.05) is 37.1 Å². The summed E-state index contributed by atoms with van der Waals surface area (Å²) in [5.74, 6) is -3.94. The number of pyridine rings is 1. The second-order valence-corrected chi connectivity index (χ2v) is 7.36. The van der Waals surface area contributed by atoms with Crippen LogP contribution in [-0.4, -0.2) is 81.4 Å². The van der Waals surface area contributed by atoms with Gasteiger partial charge in [0.2, 0.25) is 0 Å². The van der Waals surface area contributed by atoms with Crippen molar-refractivity contribution in [2.75, 3.05) is 26.2 Å². The van der Waals surface area contributed by atoms with Crippen molar-refractivity contribution in [1.29, 1.82) is 0 Å². The van der Waals surface area contributed by atoms with Gasteiger partial charge in [-0.25, -0.2) is 9.59 Å². The number of nitrogens with zero attached hydrogens (tertiary/aromatic N) is 3. The fourth-order valence-electron chi connectivity index (χ4n) is 2.87. The zero-order valence-electron chi connectivity index (χ0n) is 19.1. The Morgan fingerprint density at radius 3 is 1.83 bits per heavy atom. The Hall–Kier alpha value is -3.62. The lowest BCUT2D eigenvalue weighted by molar-refractivity contribution is -0.193.